The molecule has 0 bridgehead atoms. The molecule has 21 heavy (non-hydrogen) atoms. The van der Waals surface area contributed by atoms with Crippen LogP contribution in [-0.2, 0) is 4.74 Å². The van der Waals surface area contributed by atoms with E-state index in [-0.39, 0.29) is 29.1 Å². The van der Waals surface area contributed by atoms with E-state index in [1.807, 2.05) is 0 Å². The number of benzene rings is 1. The summed E-state index contributed by atoms with van der Waals surface area (Å²) in [5, 5.41) is 0.202. The molecule has 0 N–H and O–H groups in total. The summed E-state index contributed by atoms with van der Waals surface area (Å²) in [6.45, 7) is 1.86. The molecule has 0 spiro atoms. The minimum Gasteiger partial charge on any atom is -0.462 e. The molecule has 1 saturated carbocycles. The fraction of sp³-hybridized carbons (Fsp3) is 0.333. The smallest absolute Gasteiger partial charge is 0.343 e. The highest BCUT2D eigenvalue weighted by atomic mass is 79.9. The van der Waals surface area contributed by atoms with E-state index in [1.54, 1.807) is 11.5 Å². The molecule has 1 aliphatic rings. The van der Waals surface area contributed by atoms with Crippen LogP contribution in [0.2, 0.25) is 0 Å². The predicted octanol–water partition coefficient (Wildman–Crippen LogP) is 3.41. The number of carbonyl (C=O) groups excluding carboxylic acids is 1. The molecule has 0 saturated heterocycles. The maximum atomic E-state index is 14.4. The first-order chi connectivity index (χ1) is 10.0. The summed E-state index contributed by atoms with van der Waals surface area (Å²) < 4.78 is 21.3. The molecule has 6 heteroatoms. The molecule has 0 aliphatic heterocycles. The van der Waals surface area contributed by atoms with Crippen molar-refractivity contribution in [2.24, 2.45) is 0 Å². The molecule has 0 amide bonds. The van der Waals surface area contributed by atoms with Crippen molar-refractivity contribution in [3.05, 3.63) is 44.4 Å². The molecule has 3 rings (SSSR count). The average molecular weight is 354 g/mol. The first-order valence-corrected chi connectivity index (χ1v) is 7.53. The predicted molar refractivity (Wildman–Crippen MR) is 80.1 cm³/mol. The van der Waals surface area contributed by atoms with Crippen LogP contribution >= 0.6 is 15.9 Å². The summed E-state index contributed by atoms with van der Waals surface area (Å²) in [6.07, 6.45) is 3.24. The van der Waals surface area contributed by atoms with Crippen LogP contribution in [0.15, 0.2) is 27.6 Å². The second-order valence-electron chi connectivity index (χ2n) is 4.99. The summed E-state index contributed by atoms with van der Waals surface area (Å²) >= 11 is 3.13. The summed E-state index contributed by atoms with van der Waals surface area (Å²) in [4.78, 5) is 24.3. The Balaban J connectivity index is 2.34. The van der Waals surface area contributed by atoms with Gasteiger partial charge in [-0.1, -0.05) is 0 Å². The van der Waals surface area contributed by atoms with Crippen molar-refractivity contribution in [2.75, 3.05) is 6.61 Å². The van der Waals surface area contributed by atoms with Gasteiger partial charge in [0.2, 0.25) is 5.43 Å². The number of aromatic nitrogens is 1. The second kappa shape index (κ2) is 5.26. The van der Waals surface area contributed by atoms with E-state index in [0.29, 0.717) is 4.47 Å². The Bertz CT molecular complexity index is 796. The number of fused-ring (bicyclic) bond motifs is 1. The Morgan fingerprint density at radius 3 is 2.81 bits per heavy atom. The lowest BCUT2D eigenvalue weighted by atomic mass is 10.1. The molecule has 1 heterocycles. The van der Waals surface area contributed by atoms with Crippen LogP contribution in [-0.4, -0.2) is 17.1 Å². The monoisotopic (exact) mass is 353 g/mol. The number of pyridine rings is 1. The van der Waals surface area contributed by atoms with E-state index >= 15 is 0 Å². The largest absolute Gasteiger partial charge is 0.462 e. The number of nitrogens with zero attached hydrogens (tertiary/aromatic N) is 1. The fourth-order valence-corrected chi connectivity index (χ4v) is 2.70. The van der Waals surface area contributed by atoms with Gasteiger partial charge in [0.25, 0.3) is 0 Å². The Hall–Kier alpha value is -1.69. The van der Waals surface area contributed by atoms with Crippen molar-refractivity contribution >= 4 is 32.8 Å². The number of hydrogen-bond acceptors (Lipinski definition) is 3. The zero-order valence-corrected chi connectivity index (χ0v) is 12.9. The Morgan fingerprint density at radius 1 is 1.48 bits per heavy atom. The second-order valence-corrected chi connectivity index (χ2v) is 5.84. The van der Waals surface area contributed by atoms with E-state index in [1.165, 1.54) is 18.3 Å². The molecule has 4 nitrogen and oxygen atoms in total. The zero-order chi connectivity index (χ0) is 15.1. The van der Waals surface area contributed by atoms with Crippen LogP contribution in [0.25, 0.3) is 10.9 Å². The highest BCUT2D eigenvalue weighted by Gasteiger charge is 2.28. The van der Waals surface area contributed by atoms with Gasteiger partial charge >= 0.3 is 5.97 Å². The Morgan fingerprint density at radius 2 is 2.19 bits per heavy atom. The van der Waals surface area contributed by atoms with Gasteiger partial charge in [0.1, 0.15) is 5.56 Å². The Kier molecular flexibility index (Phi) is 3.57. The van der Waals surface area contributed by atoms with E-state index in [2.05, 4.69) is 15.9 Å². The lowest BCUT2D eigenvalue weighted by molar-refractivity contribution is 0.0524. The van der Waals surface area contributed by atoms with Gasteiger partial charge in [-0.15, -0.1) is 0 Å². The van der Waals surface area contributed by atoms with Gasteiger partial charge in [0.15, 0.2) is 5.82 Å². The number of halogens is 2. The van der Waals surface area contributed by atoms with Gasteiger partial charge in [-0.05, 0) is 47.8 Å². The topological polar surface area (TPSA) is 48.3 Å². The van der Waals surface area contributed by atoms with Crippen molar-refractivity contribution in [1.29, 1.82) is 0 Å². The zero-order valence-electron chi connectivity index (χ0n) is 11.4. The number of rotatable bonds is 3. The average Bonchev–Trinajstić information content (AvgIpc) is 3.28. The summed E-state index contributed by atoms with van der Waals surface area (Å²) in [5.74, 6) is -1.14. The fourth-order valence-electron chi connectivity index (χ4n) is 2.38. The van der Waals surface area contributed by atoms with Crippen molar-refractivity contribution in [1.82, 2.24) is 4.57 Å². The van der Waals surface area contributed by atoms with Gasteiger partial charge in [0, 0.05) is 17.6 Å². The van der Waals surface area contributed by atoms with Crippen LogP contribution < -0.4 is 5.43 Å². The summed E-state index contributed by atoms with van der Waals surface area (Å²) in [5.41, 5.74) is -0.297. The van der Waals surface area contributed by atoms with E-state index in [9.17, 15) is 14.0 Å². The maximum absolute atomic E-state index is 14.4. The highest BCUT2D eigenvalue weighted by molar-refractivity contribution is 9.10. The summed E-state index contributed by atoms with van der Waals surface area (Å²) in [6, 6.07) is 3.14. The summed E-state index contributed by atoms with van der Waals surface area (Å²) in [7, 11) is 0. The molecule has 0 atom stereocenters. The maximum Gasteiger partial charge on any atom is 0.343 e. The molecule has 1 aromatic carbocycles. The molecule has 110 valence electrons. The van der Waals surface area contributed by atoms with Crippen molar-refractivity contribution < 1.29 is 13.9 Å². The first kappa shape index (κ1) is 14.3. The van der Waals surface area contributed by atoms with Crippen molar-refractivity contribution in [3.8, 4) is 0 Å². The standard InChI is InChI=1S/C15H13BrFNO3/c1-2-21-15(20)10-7-18(8-3-4-8)13-9(14(10)19)5-6-11(16)12(13)17/h5-8H,2-4H2,1H3. The quantitative estimate of drug-likeness (QED) is 0.794. The molecular weight excluding hydrogens is 341 g/mol. The molecule has 0 unspecified atom stereocenters. The molecule has 1 aromatic heterocycles. The normalized spacial score (nSPS) is 14.4. The lowest BCUT2D eigenvalue weighted by Crippen LogP contribution is -2.21. The van der Waals surface area contributed by atoms with Crippen LogP contribution in [0.1, 0.15) is 36.2 Å². The molecule has 0 radical (unpaired) electrons. The van der Waals surface area contributed by atoms with Gasteiger partial charge in [-0.25, -0.2) is 9.18 Å². The van der Waals surface area contributed by atoms with Crippen molar-refractivity contribution in [2.45, 2.75) is 25.8 Å². The number of ether oxygens (including phenoxy) is 1. The molecular formula is C15H13BrFNO3. The highest BCUT2D eigenvalue weighted by Crippen LogP contribution is 2.38. The molecule has 1 fully saturated rings. The Labute approximate surface area is 128 Å². The van der Waals surface area contributed by atoms with E-state index in [4.69, 9.17) is 4.74 Å². The first-order valence-electron chi connectivity index (χ1n) is 6.74. The van der Waals surface area contributed by atoms with Gasteiger partial charge in [0.05, 0.1) is 16.6 Å². The van der Waals surface area contributed by atoms with Crippen molar-refractivity contribution in [3.63, 3.8) is 0 Å². The third kappa shape index (κ3) is 2.37. The van der Waals surface area contributed by atoms with Gasteiger partial charge in [-0.3, -0.25) is 4.79 Å². The SMILES string of the molecule is CCOC(=O)c1cn(C2CC2)c2c(F)c(Br)ccc2c1=O. The molecule has 1 aliphatic carbocycles. The van der Waals surface area contributed by atoms with E-state index in [0.717, 1.165) is 12.8 Å². The number of hydrogen-bond donors (Lipinski definition) is 0. The van der Waals surface area contributed by atoms with Crippen LogP contribution in [0, 0.1) is 5.82 Å². The third-order valence-corrected chi connectivity index (χ3v) is 4.13. The molecule has 2 aromatic rings. The third-order valence-electron chi connectivity index (χ3n) is 3.52. The lowest BCUT2D eigenvalue weighted by Gasteiger charge is -2.13. The van der Waals surface area contributed by atoms with Crippen LogP contribution in [0.3, 0.4) is 0 Å². The minimum absolute atomic E-state index is 0.0435. The minimum atomic E-state index is -0.665. The van der Waals surface area contributed by atoms with Gasteiger partial charge < -0.3 is 9.30 Å². The van der Waals surface area contributed by atoms with Crippen LogP contribution in [0.5, 0.6) is 0 Å². The number of carbonyl (C=O) groups is 1. The van der Waals surface area contributed by atoms with Crippen LogP contribution in [0.4, 0.5) is 4.39 Å². The van der Waals surface area contributed by atoms with E-state index < -0.39 is 17.2 Å². The van der Waals surface area contributed by atoms with Gasteiger partial charge in [-0.2, -0.15) is 0 Å². The number of esters is 1.